The lowest BCUT2D eigenvalue weighted by Crippen LogP contribution is -1.95. The fourth-order valence-electron chi connectivity index (χ4n) is 2.26. The third-order valence-corrected chi connectivity index (χ3v) is 3.46. The number of carboxylic acids is 1. The maximum absolute atomic E-state index is 14.1. The van der Waals surface area contributed by atoms with Crippen molar-refractivity contribution < 1.29 is 14.3 Å². The third-order valence-electron chi connectivity index (χ3n) is 3.46. The molecule has 1 aromatic carbocycles. The van der Waals surface area contributed by atoms with Crippen LogP contribution in [0.1, 0.15) is 16.2 Å². The zero-order chi connectivity index (χ0) is 14.4. The molecule has 102 valence electrons. The molecule has 2 aromatic heterocycles. The van der Waals surface area contributed by atoms with Gasteiger partial charge in [0.15, 0.2) is 0 Å². The molecule has 0 saturated heterocycles. The standard InChI is InChI=1S/C14H12FN3O2/c1-7-3-8-4-10(15)9(5-13(8)18(7)2)11-6-12(14(19)20)17-16-11/h3-6H,1-2H3,(H,16,17)(H,19,20). The Morgan fingerprint density at radius 1 is 1.35 bits per heavy atom. The van der Waals surface area contributed by atoms with Gasteiger partial charge >= 0.3 is 5.97 Å². The minimum atomic E-state index is -1.13. The number of fused-ring (bicyclic) bond motifs is 1. The molecule has 0 saturated carbocycles. The van der Waals surface area contributed by atoms with E-state index < -0.39 is 11.8 Å². The van der Waals surface area contributed by atoms with Crippen LogP contribution in [-0.4, -0.2) is 25.8 Å². The monoisotopic (exact) mass is 273 g/mol. The number of aromatic nitrogens is 3. The molecule has 2 heterocycles. The summed E-state index contributed by atoms with van der Waals surface area (Å²) < 4.78 is 16.1. The Morgan fingerprint density at radius 2 is 2.10 bits per heavy atom. The average Bonchev–Trinajstić information content (AvgIpc) is 2.96. The lowest BCUT2D eigenvalue weighted by Gasteiger charge is -2.03. The molecule has 0 aliphatic carbocycles. The number of benzene rings is 1. The van der Waals surface area contributed by atoms with Crippen LogP contribution in [0.5, 0.6) is 0 Å². The number of hydrogen-bond donors (Lipinski definition) is 2. The highest BCUT2D eigenvalue weighted by Crippen LogP contribution is 2.28. The highest BCUT2D eigenvalue weighted by Gasteiger charge is 2.15. The molecule has 3 rings (SSSR count). The maximum Gasteiger partial charge on any atom is 0.353 e. The molecule has 0 radical (unpaired) electrons. The zero-order valence-corrected chi connectivity index (χ0v) is 10.9. The topological polar surface area (TPSA) is 70.9 Å². The maximum atomic E-state index is 14.1. The van der Waals surface area contributed by atoms with E-state index in [9.17, 15) is 9.18 Å². The van der Waals surface area contributed by atoms with Gasteiger partial charge in [-0.1, -0.05) is 0 Å². The van der Waals surface area contributed by atoms with E-state index in [0.717, 1.165) is 16.6 Å². The molecular formula is C14H12FN3O2. The number of aromatic carboxylic acids is 1. The van der Waals surface area contributed by atoms with Crippen molar-refractivity contribution in [3.63, 3.8) is 0 Å². The predicted molar refractivity (Wildman–Crippen MR) is 72.2 cm³/mol. The number of aryl methyl sites for hydroxylation is 2. The van der Waals surface area contributed by atoms with Crippen LogP contribution in [0.15, 0.2) is 24.3 Å². The molecule has 6 heteroatoms. The Labute approximate surface area is 113 Å². The first-order valence-corrected chi connectivity index (χ1v) is 6.02. The van der Waals surface area contributed by atoms with Gasteiger partial charge in [0.25, 0.3) is 0 Å². The minimum Gasteiger partial charge on any atom is -0.477 e. The molecule has 0 unspecified atom stereocenters. The van der Waals surface area contributed by atoms with Crippen LogP contribution in [0, 0.1) is 12.7 Å². The number of nitrogens with zero attached hydrogens (tertiary/aromatic N) is 2. The Morgan fingerprint density at radius 3 is 2.75 bits per heavy atom. The second-order valence-electron chi connectivity index (χ2n) is 4.71. The molecular weight excluding hydrogens is 261 g/mol. The highest BCUT2D eigenvalue weighted by atomic mass is 19.1. The molecule has 2 N–H and O–H groups in total. The number of nitrogens with one attached hydrogen (secondary N) is 1. The van der Waals surface area contributed by atoms with E-state index in [2.05, 4.69) is 10.2 Å². The molecule has 0 aliphatic heterocycles. The van der Waals surface area contributed by atoms with Gasteiger partial charge in [-0.2, -0.15) is 5.10 Å². The van der Waals surface area contributed by atoms with Crippen molar-refractivity contribution in [1.29, 1.82) is 0 Å². The summed E-state index contributed by atoms with van der Waals surface area (Å²) in [5, 5.41) is 15.9. The van der Waals surface area contributed by atoms with Crippen LogP contribution in [0.2, 0.25) is 0 Å². The SMILES string of the molecule is Cc1cc2cc(F)c(-c3cc(C(=O)O)[nH]n3)cc2n1C. The minimum absolute atomic E-state index is 0.0671. The first-order valence-electron chi connectivity index (χ1n) is 6.02. The molecule has 0 aliphatic rings. The smallest absolute Gasteiger partial charge is 0.353 e. The van der Waals surface area contributed by atoms with E-state index in [1.807, 2.05) is 24.6 Å². The van der Waals surface area contributed by atoms with E-state index in [1.54, 1.807) is 6.07 Å². The normalized spacial score (nSPS) is 11.2. The average molecular weight is 273 g/mol. The van der Waals surface area contributed by atoms with E-state index in [1.165, 1.54) is 12.1 Å². The number of rotatable bonds is 2. The number of carbonyl (C=O) groups is 1. The van der Waals surface area contributed by atoms with Crippen molar-refractivity contribution in [2.24, 2.45) is 7.05 Å². The van der Waals surface area contributed by atoms with Gasteiger partial charge in [-0.05, 0) is 31.2 Å². The largest absolute Gasteiger partial charge is 0.477 e. The van der Waals surface area contributed by atoms with Gasteiger partial charge in [0, 0.05) is 29.2 Å². The third kappa shape index (κ3) is 1.77. The van der Waals surface area contributed by atoms with Crippen LogP contribution in [-0.2, 0) is 7.05 Å². The second kappa shape index (κ2) is 4.19. The summed E-state index contributed by atoms with van der Waals surface area (Å²) in [6.07, 6.45) is 0. The van der Waals surface area contributed by atoms with Gasteiger partial charge < -0.3 is 9.67 Å². The van der Waals surface area contributed by atoms with E-state index >= 15 is 0 Å². The summed E-state index contributed by atoms with van der Waals surface area (Å²) in [4.78, 5) is 10.8. The number of carboxylic acid groups (broad SMARTS) is 1. The molecule has 0 atom stereocenters. The van der Waals surface area contributed by atoms with Crippen LogP contribution in [0.4, 0.5) is 4.39 Å². The van der Waals surface area contributed by atoms with Crippen LogP contribution in [0.25, 0.3) is 22.2 Å². The number of halogens is 1. The summed E-state index contributed by atoms with van der Waals surface area (Å²) in [6.45, 7) is 1.94. The number of H-pyrrole nitrogens is 1. The highest BCUT2D eigenvalue weighted by molar-refractivity contribution is 5.89. The summed E-state index contributed by atoms with van der Waals surface area (Å²) in [6, 6.07) is 6.34. The van der Waals surface area contributed by atoms with Gasteiger partial charge in [0.1, 0.15) is 11.5 Å². The van der Waals surface area contributed by atoms with Gasteiger partial charge in [0.05, 0.1) is 5.69 Å². The van der Waals surface area contributed by atoms with Gasteiger partial charge in [-0.3, -0.25) is 5.10 Å². The van der Waals surface area contributed by atoms with Crippen LogP contribution in [0.3, 0.4) is 0 Å². The molecule has 0 spiro atoms. The molecule has 0 bridgehead atoms. The summed E-state index contributed by atoms with van der Waals surface area (Å²) in [5.41, 5.74) is 2.38. The number of aromatic amines is 1. The van der Waals surface area contributed by atoms with Gasteiger partial charge in [-0.25, -0.2) is 9.18 Å². The van der Waals surface area contributed by atoms with Crippen LogP contribution < -0.4 is 0 Å². The second-order valence-corrected chi connectivity index (χ2v) is 4.71. The molecule has 20 heavy (non-hydrogen) atoms. The summed E-state index contributed by atoms with van der Waals surface area (Å²) >= 11 is 0. The van der Waals surface area contributed by atoms with E-state index in [0.29, 0.717) is 0 Å². The van der Waals surface area contributed by atoms with E-state index in [-0.39, 0.29) is 17.0 Å². The number of hydrogen-bond acceptors (Lipinski definition) is 2. The van der Waals surface area contributed by atoms with Crippen molar-refractivity contribution in [2.45, 2.75) is 6.92 Å². The Hall–Kier alpha value is -2.63. The van der Waals surface area contributed by atoms with Crippen molar-refractivity contribution in [3.05, 3.63) is 41.5 Å². The fourth-order valence-corrected chi connectivity index (χ4v) is 2.26. The first-order chi connectivity index (χ1) is 9.47. The summed E-state index contributed by atoms with van der Waals surface area (Å²) in [5.74, 6) is -1.55. The molecule has 5 nitrogen and oxygen atoms in total. The first kappa shape index (κ1) is 12.4. The lowest BCUT2D eigenvalue weighted by atomic mass is 10.1. The molecule has 3 aromatic rings. The molecule has 0 fully saturated rings. The van der Waals surface area contributed by atoms with Crippen LogP contribution >= 0.6 is 0 Å². The Balaban J connectivity index is 2.21. The lowest BCUT2D eigenvalue weighted by molar-refractivity contribution is 0.0690. The van der Waals surface area contributed by atoms with Gasteiger partial charge in [0.2, 0.25) is 0 Å². The summed E-state index contributed by atoms with van der Waals surface area (Å²) in [7, 11) is 1.90. The predicted octanol–water partition coefficient (Wildman–Crippen LogP) is 2.71. The fraction of sp³-hybridized carbons (Fsp3) is 0.143. The Bertz CT molecular complexity index is 832. The Kier molecular flexibility index (Phi) is 2.60. The van der Waals surface area contributed by atoms with Crippen molar-refractivity contribution in [2.75, 3.05) is 0 Å². The van der Waals surface area contributed by atoms with Crippen molar-refractivity contribution >= 4 is 16.9 Å². The van der Waals surface area contributed by atoms with E-state index in [4.69, 9.17) is 5.11 Å². The molecule has 0 amide bonds. The quantitative estimate of drug-likeness (QED) is 0.754. The van der Waals surface area contributed by atoms with Crippen molar-refractivity contribution in [3.8, 4) is 11.3 Å². The van der Waals surface area contributed by atoms with Gasteiger partial charge in [-0.15, -0.1) is 0 Å². The van der Waals surface area contributed by atoms with Crippen molar-refractivity contribution in [1.82, 2.24) is 14.8 Å². The zero-order valence-electron chi connectivity index (χ0n) is 10.9.